The molecular weight excluding hydrogens is 318 g/mol. The summed E-state index contributed by atoms with van der Waals surface area (Å²) in [6, 6.07) is 0.779. The first kappa shape index (κ1) is 17.1. The average Bonchev–Trinajstić information content (AvgIpc) is 2.82. The van der Waals surface area contributed by atoms with Crippen molar-refractivity contribution in [3.8, 4) is 0 Å². The number of hydrogen-bond donors (Lipinski definition) is 2. The molecule has 0 aliphatic rings. The van der Waals surface area contributed by atoms with Crippen molar-refractivity contribution in [2.45, 2.75) is 39.8 Å². The first-order chi connectivity index (χ1) is 10.8. The van der Waals surface area contributed by atoms with E-state index < -0.39 is 17.9 Å². The van der Waals surface area contributed by atoms with Gasteiger partial charge in [-0.05, 0) is 25.3 Å². The van der Waals surface area contributed by atoms with E-state index in [2.05, 4.69) is 10.3 Å². The lowest BCUT2D eigenvalue weighted by atomic mass is 10.0. The van der Waals surface area contributed by atoms with Gasteiger partial charge < -0.3 is 10.4 Å². The quantitative estimate of drug-likeness (QED) is 0.829. The Balaban J connectivity index is 2.15. The van der Waals surface area contributed by atoms with Crippen molar-refractivity contribution in [2.75, 3.05) is 0 Å². The summed E-state index contributed by atoms with van der Waals surface area (Å²) in [5.41, 5.74) is -0.301. The van der Waals surface area contributed by atoms with Crippen LogP contribution in [0.2, 0.25) is 0 Å². The Morgan fingerprint density at radius 3 is 2.74 bits per heavy atom. The fraction of sp³-hybridized carbons (Fsp3) is 0.467. The predicted octanol–water partition coefficient (Wildman–Crippen LogP) is 1.38. The predicted molar refractivity (Wildman–Crippen MR) is 87.6 cm³/mol. The number of carbonyl (C=O) groups excluding carboxylic acids is 1. The Morgan fingerprint density at radius 2 is 2.13 bits per heavy atom. The van der Waals surface area contributed by atoms with Gasteiger partial charge in [-0.2, -0.15) is 0 Å². The molecule has 0 aliphatic carbocycles. The molecule has 0 radical (unpaired) electrons. The maximum absolute atomic E-state index is 12.3. The van der Waals surface area contributed by atoms with Crippen LogP contribution in [0.5, 0.6) is 0 Å². The molecular formula is C15H19N3O4S. The van der Waals surface area contributed by atoms with Crippen LogP contribution in [-0.2, 0) is 16.1 Å². The Kier molecular flexibility index (Phi) is 5.15. The van der Waals surface area contributed by atoms with Gasteiger partial charge in [-0.1, -0.05) is 13.8 Å². The molecule has 0 saturated heterocycles. The van der Waals surface area contributed by atoms with E-state index in [-0.39, 0.29) is 18.0 Å². The van der Waals surface area contributed by atoms with E-state index in [4.69, 9.17) is 5.11 Å². The number of carboxylic acids is 1. The zero-order valence-corrected chi connectivity index (χ0v) is 14.0. The molecule has 0 spiro atoms. The summed E-state index contributed by atoms with van der Waals surface area (Å²) in [7, 11) is 0. The van der Waals surface area contributed by atoms with Gasteiger partial charge in [0.25, 0.3) is 5.56 Å². The summed E-state index contributed by atoms with van der Waals surface area (Å²) in [5, 5.41) is 12.1. The highest BCUT2D eigenvalue weighted by Crippen LogP contribution is 2.19. The third kappa shape index (κ3) is 4.16. The third-order valence-corrected chi connectivity index (χ3v) is 4.25. The van der Waals surface area contributed by atoms with E-state index >= 15 is 0 Å². The Morgan fingerprint density at radius 1 is 1.43 bits per heavy atom. The van der Waals surface area contributed by atoms with E-state index in [0.29, 0.717) is 16.6 Å². The van der Waals surface area contributed by atoms with Gasteiger partial charge in [0.2, 0.25) is 5.91 Å². The second-order valence-electron chi connectivity index (χ2n) is 5.84. The van der Waals surface area contributed by atoms with Crippen LogP contribution in [0.3, 0.4) is 0 Å². The minimum atomic E-state index is -1.08. The van der Waals surface area contributed by atoms with Gasteiger partial charge in [0, 0.05) is 4.88 Å². The van der Waals surface area contributed by atoms with Crippen LogP contribution in [0.1, 0.15) is 25.1 Å². The highest BCUT2D eigenvalue weighted by Gasteiger charge is 2.21. The van der Waals surface area contributed by atoms with E-state index in [0.717, 1.165) is 4.88 Å². The second-order valence-corrected chi connectivity index (χ2v) is 7.08. The van der Waals surface area contributed by atoms with Crippen LogP contribution in [0.25, 0.3) is 10.2 Å². The number of nitrogens with one attached hydrogen (secondary N) is 1. The fourth-order valence-electron chi connectivity index (χ4n) is 2.28. The first-order valence-electron chi connectivity index (χ1n) is 7.25. The number of carbonyl (C=O) groups is 2. The minimum Gasteiger partial charge on any atom is -0.480 e. The second kappa shape index (κ2) is 6.91. The van der Waals surface area contributed by atoms with Gasteiger partial charge in [0.05, 0.1) is 11.7 Å². The van der Waals surface area contributed by atoms with Crippen LogP contribution in [0, 0.1) is 12.8 Å². The number of nitrogens with zero attached hydrogens (tertiary/aromatic N) is 2. The molecule has 0 aliphatic heterocycles. The molecule has 1 unspecified atom stereocenters. The van der Waals surface area contributed by atoms with Gasteiger partial charge in [-0.3, -0.25) is 14.2 Å². The van der Waals surface area contributed by atoms with Crippen LogP contribution in [-0.4, -0.2) is 32.6 Å². The Hall–Kier alpha value is -2.22. The molecule has 0 bridgehead atoms. The van der Waals surface area contributed by atoms with E-state index in [1.165, 1.54) is 22.2 Å². The molecule has 8 heteroatoms. The van der Waals surface area contributed by atoms with Gasteiger partial charge >= 0.3 is 5.97 Å². The molecule has 2 aromatic heterocycles. The number of aliphatic carboxylic acids is 1. The van der Waals surface area contributed by atoms with Crippen molar-refractivity contribution in [3.63, 3.8) is 0 Å². The largest absolute Gasteiger partial charge is 0.480 e. The minimum absolute atomic E-state index is 0.130. The summed E-state index contributed by atoms with van der Waals surface area (Å²) >= 11 is 1.41. The molecule has 124 valence electrons. The zero-order chi connectivity index (χ0) is 17.1. The van der Waals surface area contributed by atoms with Crippen molar-refractivity contribution < 1.29 is 14.7 Å². The summed E-state index contributed by atoms with van der Waals surface area (Å²) in [5.74, 6) is -1.47. The summed E-state index contributed by atoms with van der Waals surface area (Å²) in [4.78, 5) is 41.3. The van der Waals surface area contributed by atoms with Gasteiger partial charge in [0.1, 0.15) is 17.4 Å². The van der Waals surface area contributed by atoms with Gasteiger partial charge in [-0.25, -0.2) is 9.78 Å². The van der Waals surface area contributed by atoms with Gasteiger partial charge in [0.15, 0.2) is 0 Å². The van der Waals surface area contributed by atoms with E-state index in [9.17, 15) is 14.4 Å². The monoisotopic (exact) mass is 337 g/mol. The van der Waals surface area contributed by atoms with Crippen LogP contribution < -0.4 is 10.9 Å². The summed E-state index contributed by atoms with van der Waals surface area (Å²) in [6.45, 7) is 5.39. The standard InChI is InChI=1S/C15H19N3O4S/c1-8(2)4-11(15(21)22)17-12(19)6-18-7-16-13-10(14(18)20)5-9(3)23-13/h5,7-8,11H,4,6H2,1-3H3,(H,17,19)(H,21,22). The Labute approximate surface area is 137 Å². The number of aromatic nitrogens is 2. The first-order valence-corrected chi connectivity index (χ1v) is 8.07. The number of aryl methyl sites for hydroxylation is 1. The lowest BCUT2D eigenvalue weighted by Crippen LogP contribution is -2.44. The number of fused-ring (bicyclic) bond motifs is 1. The molecule has 2 rings (SSSR count). The lowest BCUT2D eigenvalue weighted by Gasteiger charge is -2.16. The number of rotatable bonds is 6. The Bertz CT molecular complexity index is 794. The van der Waals surface area contributed by atoms with Crippen molar-refractivity contribution in [3.05, 3.63) is 27.6 Å². The van der Waals surface area contributed by atoms with E-state index in [1.807, 2.05) is 20.8 Å². The smallest absolute Gasteiger partial charge is 0.326 e. The molecule has 0 saturated carbocycles. The zero-order valence-electron chi connectivity index (χ0n) is 13.2. The number of hydrogen-bond acceptors (Lipinski definition) is 5. The molecule has 1 atom stereocenters. The molecule has 0 fully saturated rings. The maximum Gasteiger partial charge on any atom is 0.326 e. The van der Waals surface area contributed by atoms with Crippen LogP contribution >= 0.6 is 11.3 Å². The van der Waals surface area contributed by atoms with E-state index in [1.54, 1.807) is 6.07 Å². The summed E-state index contributed by atoms with van der Waals surface area (Å²) in [6.07, 6.45) is 1.65. The molecule has 23 heavy (non-hydrogen) atoms. The summed E-state index contributed by atoms with van der Waals surface area (Å²) < 4.78 is 1.19. The molecule has 2 N–H and O–H groups in total. The molecule has 7 nitrogen and oxygen atoms in total. The maximum atomic E-state index is 12.3. The average molecular weight is 337 g/mol. The third-order valence-electron chi connectivity index (χ3n) is 3.30. The van der Waals surface area contributed by atoms with Crippen LogP contribution in [0.4, 0.5) is 0 Å². The topological polar surface area (TPSA) is 101 Å². The van der Waals surface area contributed by atoms with Gasteiger partial charge in [-0.15, -0.1) is 11.3 Å². The SMILES string of the molecule is Cc1cc2c(=O)n(CC(=O)NC(CC(C)C)C(=O)O)cnc2s1. The molecule has 1 amide bonds. The van der Waals surface area contributed by atoms with Crippen molar-refractivity contribution in [1.29, 1.82) is 0 Å². The molecule has 0 aromatic carbocycles. The number of carboxylic acid groups (broad SMARTS) is 1. The fourth-order valence-corrected chi connectivity index (χ4v) is 3.12. The lowest BCUT2D eigenvalue weighted by molar-refractivity contribution is -0.142. The number of thiophene rings is 1. The molecule has 2 heterocycles. The highest BCUT2D eigenvalue weighted by molar-refractivity contribution is 7.18. The molecule has 2 aromatic rings. The highest BCUT2D eigenvalue weighted by atomic mass is 32.1. The number of amides is 1. The van der Waals surface area contributed by atoms with Crippen molar-refractivity contribution >= 4 is 33.4 Å². The van der Waals surface area contributed by atoms with Crippen molar-refractivity contribution in [2.24, 2.45) is 5.92 Å². The van der Waals surface area contributed by atoms with Crippen molar-refractivity contribution in [1.82, 2.24) is 14.9 Å². The van der Waals surface area contributed by atoms with Crippen LogP contribution in [0.15, 0.2) is 17.2 Å². The normalized spacial score (nSPS) is 12.5.